The number of hydrogen-bond donors (Lipinski definition) is 1. The fourth-order valence-electron chi connectivity index (χ4n) is 2.32. The Hall–Kier alpha value is -1.49. The molecule has 1 atom stereocenters. The molecule has 1 unspecified atom stereocenters. The van der Waals surface area contributed by atoms with Gasteiger partial charge in [0.2, 0.25) is 0 Å². The Morgan fingerprint density at radius 3 is 2.61 bits per heavy atom. The minimum absolute atomic E-state index is 0.0153. The van der Waals surface area contributed by atoms with Gasteiger partial charge in [0.1, 0.15) is 17.2 Å². The molecule has 98 valence electrons. The highest BCUT2D eigenvalue weighted by Gasteiger charge is 2.29. The van der Waals surface area contributed by atoms with Gasteiger partial charge < -0.3 is 10.2 Å². The summed E-state index contributed by atoms with van der Waals surface area (Å²) in [6.07, 6.45) is 0.815. The molecule has 0 spiro atoms. The van der Waals surface area contributed by atoms with Crippen LogP contribution in [0.25, 0.3) is 0 Å². The van der Waals surface area contributed by atoms with Crippen molar-refractivity contribution in [1.29, 1.82) is 0 Å². The molecule has 0 aromatic heterocycles. The van der Waals surface area contributed by atoms with Gasteiger partial charge >= 0.3 is 0 Å². The van der Waals surface area contributed by atoms with Crippen molar-refractivity contribution in [3.8, 4) is 0 Å². The topological polar surface area (TPSA) is 32.3 Å². The van der Waals surface area contributed by atoms with Gasteiger partial charge in [-0.25, -0.2) is 8.78 Å². The normalized spacial score (nSPS) is 18.9. The quantitative estimate of drug-likeness (QED) is 0.892. The second-order valence-electron chi connectivity index (χ2n) is 4.33. The van der Waals surface area contributed by atoms with Crippen molar-refractivity contribution in [2.75, 3.05) is 19.6 Å². The van der Waals surface area contributed by atoms with E-state index in [1.165, 1.54) is 11.0 Å². The molecule has 1 aromatic carbocycles. The van der Waals surface area contributed by atoms with E-state index in [0.29, 0.717) is 13.1 Å². The van der Waals surface area contributed by atoms with Crippen LogP contribution in [0, 0.1) is 11.6 Å². The summed E-state index contributed by atoms with van der Waals surface area (Å²) in [6, 6.07) is 3.49. The van der Waals surface area contributed by atoms with Crippen LogP contribution in [0.5, 0.6) is 0 Å². The lowest BCUT2D eigenvalue weighted by atomic mass is 10.1. The predicted molar refractivity (Wildman–Crippen MR) is 64.3 cm³/mol. The molecule has 1 aromatic rings. The lowest BCUT2D eigenvalue weighted by Crippen LogP contribution is -2.42. The highest BCUT2D eigenvalue weighted by atomic mass is 19.1. The van der Waals surface area contributed by atoms with Crippen molar-refractivity contribution in [3.05, 3.63) is 35.4 Å². The number of hydrogen-bond acceptors (Lipinski definition) is 2. The van der Waals surface area contributed by atoms with Crippen molar-refractivity contribution in [3.63, 3.8) is 0 Å². The summed E-state index contributed by atoms with van der Waals surface area (Å²) < 4.78 is 27.2. The predicted octanol–water partition coefficient (Wildman–Crippen LogP) is 1.79. The van der Waals surface area contributed by atoms with Gasteiger partial charge in [-0.3, -0.25) is 4.79 Å². The van der Waals surface area contributed by atoms with Crippen LogP contribution < -0.4 is 5.32 Å². The molecule has 1 amide bonds. The van der Waals surface area contributed by atoms with E-state index in [1.54, 1.807) is 0 Å². The maximum Gasteiger partial charge on any atom is 0.260 e. The summed E-state index contributed by atoms with van der Waals surface area (Å²) in [5.41, 5.74) is -0.453. The maximum absolute atomic E-state index is 13.6. The number of amides is 1. The Bertz CT molecular complexity index is 424. The van der Waals surface area contributed by atoms with Crippen molar-refractivity contribution in [1.82, 2.24) is 10.2 Å². The minimum Gasteiger partial charge on any atom is -0.334 e. The summed E-state index contributed by atoms with van der Waals surface area (Å²) >= 11 is 0. The molecule has 18 heavy (non-hydrogen) atoms. The highest BCUT2D eigenvalue weighted by molar-refractivity contribution is 5.95. The number of likely N-dealkylation sites (N-methyl/N-ethyl adjacent to an activating group) is 1. The summed E-state index contributed by atoms with van der Waals surface area (Å²) in [4.78, 5) is 13.8. The van der Waals surface area contributed by atoms with Gasteiger partial charge in [0.05, 0.1) is 0 Å². The fourth-order valence-corrected chi connectivity index (χ4v) is 2.32. The molecule has 1 aliphatic rings. The van der Waals surface area contributed by atoms with E-state index in [9.17, 15) is 13.6 Å². The third kappa shape index (κ3) is 2.36. The van der Waals surface area contributed by atoms with Crippen molar-refractivity contribution < 1.29 is 13.6 Å². The average Bonchev–Trinajstić information content (AvgIpc) is 2.83. The first-order chi connectivity index (χ1) is 8.65. The van der Waals surface area contributed by atoms with Gasteiger partial charge in [-0.2, -0.15) is 0 Å². The minimum atomic E-state index is -0.801. The third-order valence-corrected chi connectivity index (χ3v) is 3.25. The fraction of sp³-hybridized carbons (Fsp3) is 0.462. The number of benzene rings is 1. The Labute approximate surface area is 105 Å². The molecule has 3 nitrogen and oxygen atoms in total. The molecule has 1 heterocycles. The van der Waals surface area contributed by atoms with Gasteiger partial charge in [-0.15, -0.1) is 0 Å². The van der Waals surface area contributed by atoms with Crippen molar-refractivity contribution >= 4 is 5.91 Å². The van der Waals surface area contributed by atoms with Crippen LogP contribution >= 0.6 is 0 Å². The number of halogens is 2. The Morgan fingerprint density at radius 1 is 1.44 bits per heavy atom. The van der Waals surface area contributed by atoms with Crippen LogP contribution in [0.1, 0.15) is 23.7 Å². The number of rotatable bonds is 3. The summed E-state index contributed by atoms with van der Waals surface area (Å²) in [6.45, 7) is 3.76. The first kappa shape index (κ1) is 13.0. The smallest absolute Gasteiger partial charge is 0.260 e. The highest BCUT2D eigenvalue weighted by Crippen LogP contribution is 2.18. The number of nitrogens with zero attached hydrogens (tertiary/aromatic N) is 1. The molecule has 1 fully saturated rings. The lowest BCUT2D eigenvalue weighted by molar-refractivity contribution is 0.0694. The van der Waals surface area contributed by atoms with E-state index in [2.05, 4.69) is 5.32 Å². The zero-order chi connectivity index (χ0) is 13.1. The molecular weight excluding hydrogens is 238 g/mol. The zero-order valence-corrected chi connectivity index (χ0v) is 10.2. The molecule has 0 bridgehead atoms. The Morgan fingerprint density at radius 2 is 2.11 bits per heavy atom. The Balaban J connectivity index is 2.28. The van der Waals surface area contributed by atoms with E-state index >= 15 is 0 Å². The average molecular weight is 254 g/mol. The van der Waals surface area contributed by atoms with Crippen molar-refractivity contribution in [2.24, 2.45) is 0 Å². The van der Waals surface area contributed by atoms with Crippen LogP contribution in [-0.4, -0.2) is 36.5 Å². The van der Waals surface area contributed by atoms with Crippen LogP contribution in [0.3, 0.4) is 0 Å². The molecule has 1 aliphatic heterocycles. The zero-order valence-electron chi connectivity index (χ0n) is 10.2. The van der Waals surface area contributed by atoms with Crippen LogP contribution in [0.2, 0.25) is 0 Å². The standard InChI is InChI=1S/C13H16F2N2O/c1-2-17(9-6-7-16-8-9)13(18)12-10(14)4-3-5-11(12)15/h3-5,9,16H,2,6-8H2,1H3. The van der Waals surface area contributed by atoms with Crippen molar-refractivity contribution in [2.45, 2.75) is 19.4 Å². The monoisotopic (exact) mass is 254 g/mol. The largest absolute Gasteiger partial charge is 0.334 e. The lowest BCUT2D eigenvalue weighted by Gasteiger charge is -2.27. The van der Waals surface area contributed by atoms with E-state index in [-0.39, 0.29) is 6.04 Å². The number of nitrogens with one attached hydrogen (secondary N) is 1. The SMILES string of the molecule is CCN(C(=O)c1c(F)cccc1F)C1CCNC1. The van der Waals surface area contributed by atoms with Gasteiger partial charge in [-0.1, -0.05) is 6.07 Å². The molecule has 5 heteroatoms. The first-order valence-electron chi connectivity index (χ1n) is 6.10. The van der Waals surface area contributed by atoms with Gasteiger partial charge in [0, 0.05) is 19.1 Å². The van der Waals surface area contributed by atoms with E-state index in [1.807, 2.05) is 6.92 Å². The summed E-state index contributed by atoms with van der Waals surface area (Å²) in [5, 5.41) is 3.14. The molecule has 0 radical (unpaired) electrons. The van der Waals surface area contributed by atoms with Crippen LogP contribution in [0.4, 0.5) is 8.78 Å². The second kappa shape index (κ2) is 5.44. The molecule has 0 saturated carbocycles. The second-order valence-corrected chi connectivity index (χ2v) is 4.33. The molecular formula is C13H16F2N2O. The number of carbonyl (C=O) groups is 1. The van der Waals surface area contributed by atoms with Gasteiger partial charge in [0.25, 0.3) is 5.91 Å². The van der Waals surface area contributed by atoms with Crippen LogP contribution in [0.15, 0.2) is 18.2 Å². The van der Waals surface area contributed by atoms with E-state index in [4.69, 9.17) is 0 Å². The third-order valence-electron chi connectivity index (χ3n) is 3.25. The van der Waals surface area contributed by atoms with Gasteiger partial charge in [-0.05, 0) is 32.0 Å². The molecule has 2 rings (SSSR count). The Kier molecular flexibility index (Phi) is 3.91. The van der Waals surface area contributed by atoms with E-state index < -0.39 is 23.1 Å². The first-order valence-corrected chi connectivity index (χ1v) is 6.10. The molecule has 1 N–H and O–H groups in total. The van der Waals surface area contributed by atoms with E-state index in [0.717, 1.165) is 25.1 Å². The summed E-state index contributed by atoms with van der Waals surface area (Å²) in [7, 11) is 0. The summed E-state index contributed by atoms with van der Waals surface area (Å²) in [5.74, 6) is -2.17. The number of carbonyl (C=O) groups excluding carboxylic acids is 1. The van der Waals surface area contributed by atoms with Gasteiger partial charge in [0.15, 0.2) is 0 Å². The molecule has 1 saturated heterocycles. The van der Waals surface area contributed by atoms with Crippen LogP contribution in [-0.2, 0) is 0 Å². The maximum atomic E-state index is 13.6. The molecule has 0 aliphatic carbocycles.